The number of aliphatic imine (C=N–C) groups is 1. The Balaban J connectivity index is 2.35. The largest absolute Gasteiger partial charge is 0.475 e. The van der Waals surface area contributed by atoms with Crippen LogP contribution in [0.2, 0.25) is 0 Å². The predicted octanol–water partition coefficient (Wildman–Crippen LogP) is 4.27. The SMILES string of the molecule is CC(C)C1COC(c2ccc(Br)c(C(F)(F)F)c2)=N1. The number of ether oxygens (including phenoxy) is 1. The van der Waals surface area contributed by atoms with E-state index >= 15 is 0 Å². The van der Waals surface area contributed by atoms with Gasteiger partial charge in [-0.05, 0) is 24.1 Å². The van der Waals surface area contributed by atoms with Crippen molar-refractivity contribution in [1.29, 1.82) is 0 Å². The molecule has 1 aliphatic rings. The van der Waals surface area contributed by atoms with Crippen molar-refractivity contribution < 1.29 is 17.9 Å². The molecule has 0 spiro atoms. The van der Waals surface area contributed by atoms with Crippen molar-refractivity contribution in [2.24, 2.45) is 10.9 Å². The fraction of sp³-hybridized carbons (Fsp3) is 0.462. The Hall–Kier alpha value is -1.04. The normalized spacial score (nSPS) is 19.5. The molecule has 104 valence electrons. The lowest BCUT2D eigenvalue weighted by atomic mass is 10.1. The first-order valence-electron chi connectivity index (χ1n) is 5.86. The Labute approximate surface area is 117 Å². The molecule has 1 atom stereocenters. The number of hydrogen-bond donors (Lipinski definition) is 0. The maximum absolute atomic E-state index is 12.8. The van der Waals surface area contributed by atoms with Gasteiger partial charge in [0.2, 0.25) is 5.90 Å². The summed E-state index contributed by atoms with van der Waals surface area (Å²) in [5.74, 6) is 0.590. The van der Waals surface area contributed by atoms with E-state index in [0.717, 1.165) is 6.07 Å². The number of halogens is 4. The Morgan fingerprint density at radius 2 is 2.05 bits per heavy atom. The fourth-order valence-electron chi connectivity index (χ4n) is 1.76. The molecule has 1 unspecified atom stereocenters. The van der Waals surface area contributed by atoms with Gasteiger partial charge in [0.25, 0.3) is 0 Å². The maximum atomic E-state index is 12.8. The molecule has 0 bridgehead atoms. The summed E-state index contributed by atoms with van der Waals surface area (Å²) >= 11 is 2.91. The molecule has 0 saturated heterocycles. The number of rotatable bonds is 2. The molecule has 1 aromatic carbocycles. The molecule has 0 radical (unpaired) electrons. The minimum Gasteiger partial charge on any atom is -0.475 e. The first-order chi connectivity index (χ1) is 8.79. The number of alkyl halides is 3. The average molecular weight is 336 g/mol. The second-order valence-electron chi connectivity index (χ2n) is 4.75. The summed E-state index contributed by atoms with van der Waals surface area (Å²) in [5, 5.41) is 0. The van der Waals surface area contributed by atoms with Gasteiger partial charge >= 0.3 is 6.18 Å². The minimum absolute atomic E-state index is 0.00739. The highest BCUT2D eigenvalue weighted by Gasteiger charge is 2.34. The average Bonchev–Trinajstić information content (AvgIpc) is 2.77. The van der Waals surface area contributed by atoms with Gasteiger partial charge in [0.15, 0.2) is 0 Å². The van der Waals surface area contributed by atoms with Gasteiger partial charge in [0.1, 0.15) is 6.61 Å². The summed E-state index contributed by atoms with van der Waals surface area (Å²) in [4.78, 5) is 4.32. The Morgan fingerprint density at radius 3 is 2.58 bits per heavy atom. The van der Waals surface area contributed by atoms with Gasteiger partial charge in [-0.15, -0.1) is 0 Å². The van der Waals surface area contributed by atoms with Crippen molar-refractivity contribution in [3.8, 4) is 0 Å². The van der Waals surface area contributed by atoms with Gasteiger partial charge in [-0.25, -0.2) is 4.99 Å². The molecular weight excluding hydrogens is 323 g/mol. The van der Waals surface area contributed by atoms with Crippen LogP contribution in [0.25, 0.3) is 0 Å². The lowest BCUT2D eigenvalue weighted by Crippen LogP contribution is -2.13. The second kappa shape index (κ2) is 5.15. The third-order valence-electron chi connectivity index (χ3n) is 2.96. The van der Waals surface area contributed by atoms with Gasteiger partial charge < -0.3 is 4.74 Å². The van der Waals surface area contributed by atoms with Crippen LogP contribution in [0.3, 0.4) is 0 Å². The molecule has 0 aromatic heterocycles. The zero-order valence-electron chi connectivity index (χ0n) is 10.5. The molecule has 0 fully saturated rings. The molecule has 0 saturated carbocycles. The molecule has 0 aliphatic carbocycles. The van der Waals surface area contributed by atoms with E-state index in [-0.39, 0.29) is 16.4 Å². The Bertz CT molecular complexity index is 511. The summed E-state index contributed by atoms with van der Waals surface area (Å²) in [6, 6.07) is 4.01. The first kappa shape index (κ1) is 14.4. The Kier molecular flexibility index (Phi) is 3.90. The van der Waals surface area contributed by atoms with E-state index in [0.29, 0.717) is 18.1 Å². The van der Waals surface area contributed by atoms with Crippen LogP contribution in [0.1, 0.15) is 25.0 Å². The molecule has 1 aliphatic heterocycles. The molecule has 19 heavy (non-hydrogen) atoms. The summed E-state index contributed by atoms with van der Waals surface area (Å²) in [6.07, 6.45) is -4.40. The van der Waals surface area contributed by atoms with Gasteiger partial charge in [-0.3, -0.25) is 0 Å². The van der Waals surface area contributed by atoms with Crippen LogP contribution in [0.15, 0.2) is 27.7 Å². The number of hydrogen-bond acceptors (Lipinski definition) is 2. The van der Waals surface area contributed by atoms with Crippen LogP contribution in [0, 0.1) is 5.92 Å². The third-order valence-corrected chi connectivity index (χ3v) is 3.65. The van der Waals surface area contributed by atoms with E-state index in [1.807, 2.05) is 13.8 Å². The summed E-state index contributed by atoms with van der Waals surface area (Å²) in [7, 11) is 0. The molecule has 0 amide bonds. The first-order valence-corrected chi connectivity index (χ1v) is 6.66. The van der Waals surface area contributed by atoms with Gasteiger partial charge in [-0.2, -0.15) is 13.2 Å². The smallest absolute Gasteiger partial charge is 0.417 e. The fourth-order valence-corrected chi connectivity index (χ4v) is 2.24. The predicted molar refractivity (Wildman–Crippen MR) is 70.3 cm³/mol. The number of nitrogens with zero attached hydrogens (tertiary/aromatic N) is 1. The van der Waals surface area contributed by atoms with E-state index in [1.165, 1.54) is 6.07 Å². The highest BCUT2D eigenvalue weighted by Crippen LogP contribution is 2.35. The minimum atomic E-state index is -4.40. The highest BCUT2D eigenvalue weighted by molar-refractivity contribution is 9.10. The molecular formula is C13H13BrF3NO. The van der Waals surface area contributed by atoms with Crippen LogP contribution in [-0.4, -0.2) is 18.5 Å². The maximum Gasteiger partial charge on any atom is 0.417 e. The van der Waals surface area contributed by atoms with Crippen molar-refractivity contribution in [2.75, 3.05) is 6.61 Å². The van der Waals surface area contributed by atoms with Crippen LogP contribution in [0.5, 0.6) is 0 Å². The van der Waals surface area contributed by atoms with E-state index in [1.54, 1.807) is 6.07 Å². The summed E-state index contributed by atoms with van der Waals surface area (Å²) in [5.41, 5.74) is -0.358. The van der Waals surface area contributed by atoms with Crippen molar-refractivity contribution in [2.45, 2.75) is 26.1 Å². The third kappa shape index (κ3) is 3.11. The monoisotopic (exact) mass is 335 g/mol. The van der Waals surface area contributed by atoms with Crippen molar-refractivity contribution in [1.82, 2.24) is 0 Å². The summed E-state index contributed by atoms with van der Waals surface area (Å²) in [6.45, 7) is 4.43. The van der Waals surface area contributed by atoms with Crippen molar-refractivity contribution in [3.05, 3.63) is 33.8 Å². The molecule has 1 heterocycles. The van der Waals surface area contributed by atoms with Gasteiger partial charge in [-0.1, -0.05) is 29.8 Å². The molecule has 0 N–H and O–H groups in total. The zero-order valence-corrected chi connectivity index (χ0v) is 12.0. The van der Waals surface area contributed by atoms with Crippen LogP contribution < -0.4 is 0 Å². The standard InChI is InChI=1S/C13H13BrF3NO/c1-7(2)11-6-19-12(18-11)8-3-4-10(14)9(5-8)13(15,16)17/h3-5,7,11H,6H2,1-2H3. The lowest BCUT2D eigenvalue weighted by Gasteiger charge is -2.10. The molecule has 2 nitrogen and oxygen atoms in total. The van der Waals surface area contributed by atoms with Crippen LogP contribution >= 0.6 is 15.9 Å². The van der Waals surface area contributed by atoms with Crippen molar-refractivity contribution in [3.63, 3.8) is 0 Å². The molecule has 6 heteroatoms. The second-order valence-corrected chi connectivity index (χ2v) is 5.60. The van der Waals surface area contributed by atoms with E-state index in [4.69, 9.17) is 4.74 Å². The van der Waals surface area contributed by atoms with Crippen LogP contribution in [-0.2, 0) is 10.9 Å². The highest BCUT2D eigenvalue weighted by atomic mass is 79.9. The van der Waals surface area contributed by atoms with Gasteiger partial charge in [0.05, 0.1) is 11.6 Å². The van der Waals surface area contributed by atoms with Crippen LogP contribution in [0.4, 0.5) is 13.2 Å². The van der Waals surface area contributed by atoms with Crippen molar-refractivity contribution >= 4 is 21.8 Å². The molecule has 2 rings (SSSR count). The molecule has 1 aromatic rings. The Morgan fingerprint density at radius 1 is 1.37 bits per heavy atom. The van der Waals surface area contributed by atoms with Gasteiger partial charge in [0, 0.05) is 10.0 Å². The quantitative estimate of drug-likeness (QED) is 0.790. The van der Waals surface area contributed by atoms with E-state index < -0.39 is 11.7 Å². The number of benzene rings is 1. The van der Waals surface area contributed by atoms with E-state index in [2.05, 4.69) is 20.9 Å². The van der Waals surface area contributed by atoms with E-state index in [9.17, 15) is 13.2 Å². The topological polar surface area (TPSA) is 21.6 Å². The zero-order chi connectivity index (χ0) is 14.2. The lowest BCUT2D eigenvalue weighted by molar-refractivity contribution is -0.138. The summed E-state index contributed by atoms with van der Waals surface area (Å²) < 4.78 is 43.8.